The van der Waals surface area contributed by atoms with Gasteiger partial charge < -0.3 is 9.88 Å². The number of hydrogen-bond acceptors (Lipinski definition) is 1. The highest BCUT2D eigenvalue weighted by Crippen LogP contribution is 2.11. The number of nitrogens with one attached hydrogen (secondary N) is 1. The summed E-state index contributed by atoms with van der Waals surface area (Å²) in [6.07, 6.45) is 5.61. The van der Waals surface area contributed by atoms with E-state index in [4.69, 9.17) is 0 Å². The smallest absolute Gasteiger partial charge is 0.0406 e. The van der Waals surface area contributed by atoms with Gasteiger partial charge in [-0.3, -0.25) is 0 Å². The second-order valence-electron chi connectivity index (χ2n) is 4.29. The molecule has 1 rings (SSSR count). The summed E-state index contributed by atoms with van der Waals surface area (Å²) in [4.78, 5) is 0. The van der Waals surface area contributed by atoms with Crippen molar-refractivity contribution in [3.63, 3.8) is 0 Å². The number of aryl methyl sites for hydroxylation is 1. The maximum Gasteiger partial charge on any atom is 0.0406 e. The van der Waals surface area contributed by atoms with Crippen LogP contribution in [0.25, 0.3) is 6.08 Å². The Hall–Kier alpha value is -1.02. The fourth-order valence-corrected chi connectivity index (χ4v) is 1.83. The standard InChI is InChI=1S/C14H24N2/c1-5-9-16-10-7-8-14(16)11-12(3)13(4)15-6-2/h7-8,10-11,13,15H,5-6,9H2,1-4H3/b12-11-. The molecule has 0 fully saturated rings. The molecule has 2 nitrogen and oxygen atoms in total. The Balaban J connectivity index is 2.76. The molecule has 0 saturated heterocycles. The molecule has 1 atom stereocenters. The zero-order valence-corrected chi connectivity index (χ0v) is 11.0. The van der Waals surface area contributed by atoms with Crippen molar-refractivity contribution in [1.29, 1.82) is 0 Å². The first kappa shape index (κ1) is 13.0. The quantitative estimate of drug-likeness (QED) is 0.778. The van der Waals surface area contributed by atoms with Crippen LogP contribution in [0.15, 0.2) is 23.9 Å². The molecule has 2 heteroatoms. The molecular weight excluding hydrogens is 196 g/mol. The van der Waals surface area contributed by atoms with Gasteiger partial charge in [0.2, 0.25) is 0 Å². The summed E-state index contributed by atoms with van der Waals surface area (Å²) in [6, 6.07) is 4.75. The van der Waals surface area contributed by atoms with Gasteiger partial charge in [-0.15, -0.1) is 0 Å². The van der Waals surface area contributed by atoms with E-state index >= 15 is 0 Å². The number of rotatable bonds is 6. The lowest BCUT2D eigenvalue weighted by molar-refractivity contribution is 0.634. The molecule has 1 N–H and O–H groups in total. The predicted octanol–water partition coefficient (Wildman–Crippen LogP) is 3.30. The lowest BCUT2D eigenvalue weighted by Crippen LogP contribution is -2.26. The van der Waals surface area contributed by atoms with Gasteiger partial charge in [0, 0.05) is 24.5 Å². The average Bonchev–Trinajstić information content (AvgIpc) is 2.67. The van der Waals surface area contributed by atoms with E-state index in [0.717, 1.165) is 13.1 Å². The van der Waals surface area contributed by atoms with Crippen molar-refractivity contribution >= 4 is 6.08 Å². The molecule has 1 unspecified atom stereocenters. The van der Waals surface area contributed by atoms with Crippen LogP contribution in [0.2, 0.25) is 0 Å². The Labute approximate surface area is 99.4 Å². The van der Waals surface area contributed by atoms with Gasteiger partial charge in [0.25, 0.3) is 0 Å². The van der Waals surface area contributed by atoms with Gasteiger partial charge in [-0.25, -0.2) is 0 Å². The summed E-state index contributed by atoms with van der Waals surface area (Å²) in [5, 5.41) is 3.43. The maximum absolute atomic E-state index is 3.43. The van der Waals surface area contributed by atoms with Crippen molar-refractivity contribution in [3.05, 3.63) is 29.6 Å². The summed E-state index contributed by atoms with van der Waals surface area (Å²) in [7, 11) is 0. The van der Waals surface area contributed by atoms with Crippen molar-refractivity contribution in [3.8, 4) is 0 Å². The third-order valence-electron chi connectivity index (χ3n) is 2.90. The zero-order chi connectivity index (χ0) is 12.0. The Morgan fingerprint density at radius 2 is 2.25 bits per heavy atom. The maximum atomic E-state index is 3.43. The van der Waals surface area contributed by atoms with Gasteiger partial charge in [-0.05, 0) is 45.0 Å². The zero-order valence-electron chi connectivity index (χ0n) is 11.0. The Bertz CT molecular complexity index is 336. The highest BCUT2D eigenvalue weighted by Gasteiger charge is 2.03. The molecule has 0 bridgehead atoms. The lowest BCUT2D eigenvalue weighted by atomic mass is 10.1. The second kappa shape index (κ2) is 6.54. The van der Waals surface area contributed by atoms with Crippen LogP contribution in [0.4, 0.5) is 0 Å². The highest BCUT2D eigenvalue weighted by atomic mass is 15.0. The van der Waals surface area contributed by atoms with E-state index in [-0.39, 0.29) is 0 Å². The van der Waals surface area contributed by atoms with Crippen LogP contribution in [0.5, 0.6) is 0 Å². The normalized spacial score (nSPS) is 14.1. The molecule has 0 aliphatic heterocycles. The van der Waals surface area contributed by atoms with E-state index < -0.39 is 0 Å². The summed E-state index contributed by atoms with van der Waals surface area (Å²) < 4.78 is 2.31. The summed E-state index contributed by atoms with van der Waals surface area (Å²) in [5.41, 5.74) is 2.70. The van der Waals surface area contributed by atoms with Gasteiger partial charge in [-0.1, -0.05) is 19.4 Å². The molecular formula is C14H24N2. The topological polar surface area (TPSA) is 17.0 Å². The van der Waals surface area contributed by atoms with Gasteiger partial charge in [0.15, 0.2) is 0 Å². The van der Waals surface area contributed by atoms with E-state index in [1.165, 1.54) is 17.7 Å². The first-order valence-electron chi connectivity index (χ1n) is 6.25. The van der Waals surface area contributed by atoms with E-state index in [1.807, 2.05) is 0 Å². The minimum absolute atomic E-state index is 0.454. The third kappa shape index (κ3) is 3.53. The van der Waals surface area contributed by atoms with Crippen molar-refractivity contribution < 1.29 is 0 Å². The van der Waals surface area contributed by atoms with Crippen molar-refractivity contribution in [2.75, 3.05) is 6.54 Å². The van der Waals surface area contributed by atoms with Crippen LogP contribution in [-0.2, 0) is 6.54 Å². The average molecular weight is 220 g/mol. The molecule has 0 aliphatic rings. The SMILES string of the molecule is CCCn1cccc1/C=C(/C)C(C)NCC. The summed E-state index contributed by atoms with van der Waals surface area (Å²) in [5.74, 6) is 0. The molecule has 0 aromatic carbocycles. The molecule has 0 spiro atoms. The van der Waals surface area contributed by atoms with Crippen molar-refractivity contribution in [2.24, 2.45) is 0 Å². The number of nitrogens with zero attached hydrogens (tertiary/aromatic N) is 1. The van der Waals surface area contributed by atoms with E-state index in [9.17, 15) is 0 Å². The molecule has 0 saturated carbocycles. The van der Waals surface area contributed by atoms with Crippen molar-refractivity contribution in [2.45, 2.75) is 46.7 Å². The predicted molar refractivity (Wildman–Crippen MR) is 71.5 cm³/mol. The summed E-state index contributed by atoms with van der Waals surface area (Å²) >= 11 is 0. The molecule has 0 amide bonds. The molecule has 1 aromatic heterocycles. The molecule has 0 aliphatic carbocycles. The van der Waals surface area contributed by atoms with Crippen LogP contribution in [0, 0.1) is 0 Å². The van der Waals surface area contributed by atoms with Gasteiger partial charge in [0.1, 0.15) is 0 Å². The van der Waals surface area contributed by atoms with E-state index in [0.29, 0.717) is 6.04 Å². The minimum Gasteiger partial charge on any atom is -0.348 e. The lowest BCUT2D eigenvalue weighted by Gasteiger charge is -2.13. The Kier molecular flexibility index (Phi) is 5.33. The van der Waals surface area contributed by atoms with Crippen LogP contribution < -0.4 is 5.32 Å². The Morgan fingerprint density at radius 3 is 2.88 bits per heavy atom. The van der Waals surface area contributed by atoms with E-state index in [2.05, 4.69) is 62.0 Å². The first-order valence-corrected chi connectivity index (χ1v) is 6.25. The van der Waals surface area contributed by atoms with E-state index in [1.54, 1.807) is 0 Å². The molecule has 1 heterocycles. The van der Waals surface area contributed by atoms with Crippen LogP contribution >= 0.6 is 0 Å². The summed E-state index contributed by atoms with van der Waals surface area (Å²) in [6.45, 7) is 10.9. The van der Waals surface area contributed by atoms with Crippen LogP contribution in [0.3, 0.4) is 0 Å². The fourth-order valence-electron chi connectivity index (χ4n) is 1.83. The van der Waals surface area contributed by atoms with Gasteiger partial charge in [-0.2, -0.15) is 0 Å². The largest absolute Gasteiger partial charge is 0.348 e. The highest BCUT2D eigenvalue weighted by molar-refractivity contribution is 5.50. The van der Waals surface area contributed by atoms with Crippen LogP contribution in [-0.4, -0.2) is 17.2 Å². The molecule has 90 valence electrons. The van der Waals surface area contributed by atoms with Crippen LogP contribution in [0.1, 0.15) is 39.8 Å². The second-order valence-corrected chi connectivity index (χ2v) is 4.29. The number of likely N-dealkylation sites (N-methyl/N-ethyl adjacent to an activating group) is 1. The molecule has 16 heavy (non-hydrogen) atoms. The number of aromatic nitrogens is 1. The van der Waals surface area contributed by atoms with Gasteiger partial charge >= 0.3 is 0 Å². The Morgan fingerprint density at radius 1 is 1.50 bits per heavy atom. The fraction of sp³-hybridized carbons (Fsp3) is 0.571. The monoisotopic (exact) mass is 220 g/mol. The molecule has 1 aromatic rings. The number of hydrogen-bond donors (Lipinski definition) is 1. The minimum atomic E-state index is 0.454. The third-order valence-corrected chi connectivity index (χ3v) is 2.90. The molecule has 0 radical (unpaired) electrons. The first-order chi connectivity index (χ1) is 7.69. The van der Waals surface area contributed by atoms with Crippen molar-refractivity contribution in [1.82, 2.24) is 9.88 Å². The van der Waals surface area contributed by atoms with Gasteiger partial charge in [0.05, 0.1) is 0 Å².